The smallest absolute Gasteiger partial charge is 0.338 e. The van der Waals surface area contributed by atoms with Gasteiger partial charge in [0.05, 0.1) is 7.11 Å². The van der Waals surface area contributed by atoms with Gasteiger partial charge in [-0.25, -0.2) is 4.79 Å². The summed E-state index contributed by atoms with van der Waals surface area (Å²) in [6, 6.07) is 7.40. The number of benzene rings is 1. The van der Waals surface area contributed by atoms with Gasteiger partial charge in [-0.2, -0.15) is 0 Å². The van der Waals surface area contributed by atoms with Gasteiger partial charge in [-0.15, -0.1) is 0 Å². The number of amides is 1. The van der Waals surface area contributed by atoms with E-state index in [9.17, 15) is 9.59 Å². The van der Waals surface area contributed by atoms with Crippen LogP contribution in [-0.4, -0.2) is 31.2 Å². The molecule has 1 aliphatic rings. The summed E-state index contributed by atoms with van der Waals surface area (Å²) >= 11 is 0. The van der Waals surface area contributed by atoms with E-state index in [2.05, 4.69) is 10.1 Å². The Morgan fingerprint density at radius 2 is 2.00 bits per heavy atom. The summed E-state index contributed by atoms with van der Waals surface area (Å²) in [6.07, 6.45) is -1.49. The van der Waals surface area contributed by atoms with Crippen LogP contribution in [0.1, 0.15) is 5.56 Å². The number of hydrogen-bond acceptors (Lipinski definition) is 4. The van der Waals surface area contributed by atoms with E-state index in [-0.39, 0.29) is 5.91 Å². The maximum absolute atomic E-state index is 11.7. The quantitative estimate of drug-likeness (QED) is 0.623. The fraction of sp³-hybridized carbons (Fsp3) is 0.333. The first-order valence-electron chi connectivity index (χ1n) is 5.23. The first-order chi connectivity index (χ1) is 8.13. The fourth-order valence-corrected chi connectivity index (χ4v) is 1.52. The van der Waals surface area contributed by atoms with Crippen molar-refractivity contribution >= 4 is 17.6 Å². The van der Waals surface area contributed by atoms with Crippen LogP contribution in [0.15, 0.2) is 24.3 Å². The summed E-state index contributed by atoms with van der Waals surface area (Å²) in [7, 11) is 1.26. The highest BCUT2D eigenvalue weighted by Crippen LogP contribution is 2.25. The molecule has 2 unspecified atom stereocenters. The molecule has 1 fully saturated rings. The Labute approximate surface area is 98.7 Å². The largest absolute Gasteiger partial charge is 0.467 e. The Hall–Kier alpha value is -1.88. The molecule has 17 heavy (non-hydrogen) atoms. The van der Waals surface area contributed by atoms with Crippen LogP contribution < -0.4 is 5.32 Å². The third-order valence-electron chi connectivity index (χ3n) is 2.59. The first kappa shape index (κ1) is 11.6. The zero-order valence-corrected chi connectivity index (χ0v) is 9.60. The Bertz CT molecular complexity index is 458. The van der Waals surface area contributed by atoms with Gasteiger partial charge in [0.2, 0.25) is 0 Å². The molecule has 1 aromatic carbocycles. The lowest BCUT2D eigenvalue weighted by atomic mass is 10.2. The van der Waals surface area contributed by atoms with Gasteiger partial charge in [-0.3, -0.25) is 4.79 Å². The first-order valence-corrected chi connectivity index (χ1v) is 5.23. The number of rotatable bonds is 3. The topological polar surface area (TPSA) is 67.9 Å². The van der Waals surface area contributed by atoms with Crippen molar-refractivity contribution in [2.75, 3.05) is 12.4 Å². The van der Waals surface area contributed by atoms with E-state index >= 15 is 0 Å². The second-order valence-corrected chi connectivity index (χ2v) is 3.80. The summed E-state index contributed by atoms with van der Waals surface area (Å²) in [5.74, 6) is -0.843. The number of nitrogens with one attached hydrogen (secondary N) is 1. The monoisotopic (exact) mass is 235 g/mol. The molecule has 1 amide bonds. The van der Waals surface area contributed by atoms with Crippen LogP contribution in [0.4, 0.5) is 5.69 Å². The fourth-order valence-electron chi connectivity index (χ4n) is 1.52. The van der Waals surface area contributed by atoms with Crippen LogP contribution >= 0.6 is 0 Å². The average molecular weight is 235 g/mol. The zero-order valence-electron chi connectivity index (χ0n) is 9.60. The number of ether oxygens (including phenoxy) is 2. The maximum Gasteiger partial charge on any atom is 0.338 e. The second-order valence-electron chi connectivity index (χ2n) is 3.80. The third kappa shape index (κ3) is 2.45. The number of carbonyl (C=O) groups is 2. The molecule has 0 aliphatic carbocycles. The lowest BCUT2D eigenvalue weighted by molar-refractivity contribution is -0.142. The standard InChI is InChI=1S/C12H13NO4/c1-7-5-3-4-6-8(7)13-11(14)9-10(17-9)12(15)16-2/h3-6,9-10H,1-2H3,(H,13,14). The van der Waals surface area contributed by atoms with Crippen LogP contribution in [0.25, 0.3) is 0 Å². The molecule has 1 saturated heterocycles. The van der Waals surface area contributed by atoms with Gasteiger partial charge >= 0.3 is 5.97 Å². The molecule has 1 aliphatic heterocycles. The zero-order chi connectivity index (χ0) is 12.4. The summed E-state index contributed by atoms with van der Waals surface area (Å²) in [4.78, 5) is 22.8. The summed E-state index contributed by atoms with van der Waals surface area (Å²) in [5.41, 5.74) is 1.67. The second kappa shape index (κ2) is 4.55. The van der Waals surface area contributed by atoms with Gasteiger partial charge in [0, 0.05) is 5.69 Å². The number of epoxide rings is 1. The molecule has 0 bridgehead atoms. The van der Waals surface area contributed by atoms with Crippen molar-refractivity contribution < 1.29 is 19.1 Å². The Balaban J connectivity index is 1.96. The molecule has 0 aromatic heterocycles. The highest BCUT2D eigenvalue weighted by molar-refractivity contribution is 6.00. The predicted octanol–water partition coefficient (Wildman–Crippen LogP) is 0.874. The number of esters is 1. The highest BCUT2D eigenvalue weighted by Gasteiger charge is 2.51. The number of anilines is 1. The molecule has 1 N–H and O–H groups in total. The minimum absolute atomic E-state index is 0.324. The van der Waals surface area contributed by atoms with Crippen LogP contribution in [0.5, 0.6) is 0 Å². The number of para-hydroxylation sites is 1. The van der Waals surface area contributed by atoms with E-state index in [0.717, 1.165) is 11.3 Å². The summed E-state index contributed by atoms with van der Waals surface area (Å²) in [6.45, 7) is 1.89. The highest BCUT2D eigenvalue weighted by atomic mass is 16.6. The van der Waals surface area contributed by atoms with Crippen molar-refractivity contribution in [2.24, 2.45) is 0 Å². The van der Waals surface area contributed by atoms with E-state index < -0.39 is 18.2 Å². The van der Waals surface area contributed by atoms with Gasteiger partial charge in [0.15, 0.2) is 12.2 Å². The molecule has 1 aromatic rings. The van der Waals surface area contributed by atoms with Crippen molar-refractivity contribution in [1.29, 1.82) is 0 Å². The van der Waals surface area contributed by atoms with E-state index in [1.807, 2.05) is 25.1 Å². The minimum atomic E-state index is -0.760. The van der Waals surface area contributed by atoms with E-state index in [1.165, 1.54) is 7.11 Å². The minimum Gasteiger partial charge on any atom is -0.467 e. The molecular weight excluding hydrogens is 222 g/mol. The molecule has 2 rings (SSSR count). The van der Waals surface area contributed by atoms with Crippen LogP contribution in [0.2, 0.25) is 0 Å². The molecule has 0 saturated carbocycles. The van der Waals surface area contributed by atoms with Crippen molar-refractivity contribution in [3.63, 3.8) is 0 Å². The number of carbonyl (C=O) groups excluding carboxylic acids is 2. The van der Waals surface area contributed by atoms with Crippen LogP contribution in [0, 0.1) is 6.92 Å². The molecule has 5 nitrogen and oxygen atoms in total. The van der Waals surface area contributed by atoms with Gasteiger partial charge < -0.3 is 14.8 Å². The SMILES string of the molecule is COC(=O)C1OC1C(=O)Nc1ccccc1C. The molecule has 5 heteroatoms. The van der Waals surface area contributed by atoms with Crippen molar-refractivity contribution in [3.05, 3.63) is 29.8 Å². The summed E-state index contributed by atoms with van der Waals surface area (Å²) < 4.78 is 9.44. The molecule has 2 atom stereocenters. The predicted molar refractivity (Wildman–Crippen MR) is 60.5 cm³/mol. The van der Waals surface area contributed by atoms with Gasteiger partial charge in [-0.05, 0) is 18.6 Å². The molecule has 0 spiro atoms. The van der Waals surface area contributed by atoms with Gasteiger partial charge in [-0.1, -0.05) is 18.2 Å². The molecule has 1 heterocycles. The van der Waals surface area contributed by atoms with Crippen LogP contribution in [-0.2, 0) is 19.1 Å². The summed E-state index contributed by atoms with van der Waals surface area (Å²) in [5, 5.41) is 2.71. The number of methoxy groups -OCH3 is 1. The third-order valence-corrected chi connectivity index (χ3v) is 2.59. The van der Waals surface area contributed by atoms with E-state index in [0.29, 0.717) is 0 Å². The van der Waals surface area contributed by atoms with Gasteiger partial charge in [0.25, 0.3) is 5.91 Å². The molecule has 0 radical (unpaired) electrons. The maximum atomic E-state index is 11.7. The van der Waals surface area contributed by atoms with Crippen molar-refractivity contribution in [2.45, 2.75) is 19.1 Å². The lowest BCUT2D eigenvalue weighted by Gasteiger charge is -2.05. The van der Waals surface area contributed by atoms with Gasteiger partial charge in [0.1, 0.15) is 0 Å². The average Bonchev–Trinajstić information content (AvgIpc) is 3.11. The van der Waals surface area contributed by atoms with E-state index in [4.69, 9.17) is 4.74 Å². The lowest BCUT2D eigenvalue weighted by Crippen LogP contribution is -2.23. The molecular formula is C12H13NO4. The van der Waals surface area contributed by atoms with Crippen molar-refractivity contribution in [3.8, 4) is 0 Å². The molecule has 90 valence electrons. The normalized spacial score (nSPS) is 21.8. The van der Waals surface area contributed by atoms with E-state index in [1.54, 1.807) is 6.07 Å². The number of aryl methyl sites for hydroxylation is 1. The van der Waals surface area contributed by atoms with Crippen LogP contribution in [0.3, 0.4) is 0 Å². The Morgan fingerprint density at radius 1 is 1.29 bits per heavy atom. The van der Waals surface area contributed by atoms with Crippen molar-refractivity contribution in [1.82, 2.24) is 0 Å². The Kier molecular flexibility index (Phi) is 3.10. The number of hydrogen-bond donors (Lipinski definition) is 1. The Morgan fingerprint density at radius 3 is 2.65 bits per heavy atom.